The summed E-state index contributed by atoms with van der Waals surface area (Å²) in [6, 6.07) is 14.2. The molecular weight excluding hydrogens is 360 g/mol. The van der Waals surface area contributed by atoms with E-state index in [2.05, 4.69) is 50.0 Å². The molecule has 6 heteroatoms. The summed E-state index contributed by atoms with van der Waals surface area (Å²) < 4.78 is 1.64. The molecule has 148 valence electrons. The molecule has 1 aromatic heterocycles. The summed E-state index contributed by atoms with van der Waals surface area (Å²) in [5.41, 5.74) is 18.9. The SMILES string of the molecule is CC(C)(C)c1ccc(-c2cn(N=C3CCc4c(C(=N)N)cccc43)c(N)n2)cc1. The van der Waals surface area contributed by atoms with E-state index in [4.69, 9.17) is 22.0 Å². The van der Waals surface area contributed by atoms with Crippen molar-refractivity contribution in [2.24, 2.45) is 10.8 Å². The molecule has 0 spiro atoms. The highest BCUT2D eigenvalue weighted by molar-refractivity contribution is 6.08. The lowest BCUT2D eigenvalue weighted by atomic mass is 9.86. The zero-order valence-corrected chi connectivity index (χ0v) is 17.0. The van der Waals surface area contributed by atoms with Gasteiger partial charge in [-0.1, -0.05) is 63.2 Å². The fourth-order valence-electron chi connectivity index (χ4n) is 3.74. The minimum absolute atomic E-state index is 0.0891. The summed E-state index contributed by atoms with van der Waals surface area (Å²) >= 11 is 0. The smallest absolute Gasteiger partial charge is 0.221 e. The first kappa shape index (κ1) is 18.9. The highest BCUT2D eigenvalue weighted by atomic mass is 15.4. The number of fused-ring (bicyclic) bond motifs is 1. The van der Waals surface area contributed by atoms with Gasteiger partial charge in [0.25, 0.3) is 0 Å². The number of rotatable bonds is 3. The van der Waals surface area contributed by atoms with Gasteiger partial charge in [0, 0.05) is 16.7 Å². The molecule has 1 aliphatic carbocycles. The Labute approximate surface area is 170 Å². The molecule has 1 heterocycles. The Morgan fingerprint density at radius 3 is 2.48 bits per heavy atom. The van der Waals surface area contributed by atoms with E-state index in [0.717, 1.165) is 46.5 Å². The minimum Gasteiger partial charge on any atom is -0.384 e. The molecule has 0 saturated carbocycles. The number of hydrogen-bond acceptors (Lipinski definition) is 4. The highest BCUT2D eigenvalue weighted by Gasteiger charge is 2.22. The van der Waals surface area contributed by atoms with Gasteiger partial charge in [0.05, 0.1) is 17.6 Å². The van der Waals surface area contributed by atoms with Crippen LogP contribution in [0.2, 0.25) is 0 Å². The van der Waals surface area contributed by atoms with Crippen LogP contribution in [0.3, 0.4) is 0 Å². The normalized spacial score (nSPS) is 14.9. The molecule has 6 nitrogen and oxygen atoms in total. The number of amidine groups is 1. The van der Waals surface area contributed by atoms with Crippen molar-refractivity contribution in [2.45, 2.75) is 39.0 Å². The Morgan fingerprint density at radius 1 is 1.10 bits per heavy atom. The van der Waals surface area contributed by atoms with E-state index in [1.54, 1.807) is 4.68 Å². The fourth-order valence-corrected chi connectivity index (χ4v) is 3.74. The number of nitrogen functional groups attached to an aromatic ring is 2. The van der Waals surface area contributed by atoms with Crippen molar-refractivity contribution in [1.82, 2.24) is 9.66 Å². The highest BCUT2D eigenvalue weighted by Crippen LogP contribution is 2.28. The molecule has 0 fully saturated rings. The quantitative estimate of drug-likeness (QED) is 0.469. The first-order chi connectivity index (χ1) is 13.7. The minimum atomic E-state index is 0.0891. The van der Waals surface area contributed by atoms with Crippen LogP contribution in [0.5, 0.6) is 0 Å². The van der Waals surface area contributed by atoms with Crippen molar-refractivity contribution in [3.8, 4) is 11.3 Å². The Bertz CT molecular complexity index is 1110. The second kappa shape index (κ2) is 6.88. The first-order valence-electron chi connectivity index (χ1n) is 9.74. The van der Waals surface area contributed by atoms with Gasteiger partial charge in [-0.25, -0.2) is 9.66 Å². The monoisotopic (exact) mass is 386 g/mol. The zero-order chi connectivity index (χ0) is 20.8. The van der Waals surface area contributed by atoms with Crippen molar-refractivity contribution in [3.63, 3.8) is 0 Å². The van der Waals surface area contributed by atoms with E-state index in [1.165, 1.54) is 5.56 Å². The maximum absolute atomic E-state index is 7.78. The third-order valence-corrected chi connectivity index (χ3v) is 5.38. The molecule has 0 saturated heterocycles. The topological polar surface area (TPSA) is 106 Å². The number of hydrogen-bond donors (Lipinski definition) is 3. The molecule has 0 bridgehead atoms. The lowest BCUT2D eigenvalue weighted by Gasteiger charge is -2.18. The Balaban J connectivity index is 1.67. The summed E-state index contributed by atoms with van der Waals surface area (Å²) in [6.45, 7) is 6.59. The molecule has 0 radical (unpaired) electrons. The third kappa shape index (κ3) is 3.53. The maximum Gasteiger partial charge on any atom is 0.221 e. The van der Waals surface area contributed by atoms with Gasteiger partial charge in [-0.3, -0.25) is 5.41 Å². The van der Waals surface area contributed by atoms with Crippen molar-refractivity contribution < 1.29 is 0 Å². The number of anilines is 1. The molecule has 0 unspecified atom stereocenters. The van der Waals surface area contributed by atoms with E-state index < -0.39 is 0 Å². The molecule has 5 N–H and O–H groups in total. The van der Waals surface area contributed by atoms with E-state index >= 15 is 0 Å². The molecule has 0 atom stereocenters. The second-order valence-corrected chi connectivity index (χ2v) is 8.45. The summed E-state index contributed by atoms with van der Waals surface area (Å²) in [7, 11) is 0. The number of aromatic nitrogens is 2. The molecule has 2 aromatic carbocycles. The van der Waals surface area contributed by atoms with Crippen LogP contribution in [0.15, 0.2) is 53.8 Å². The Morgan fingerprint density at radius 2 is 1.83 bits per heavy atom. The zero-order valence-electron chi connectivity index (χ0n) is 17.0. The molecule has 0 aliphatic heterocycles. The van der Waals surface area contributed by atoms with Gasteiger partial charge in [-0.15, -0.1) is 0 Å². The van der Waals surface area contributed by atoms with Crippen LogP contribution in [-0.2, 0) is 11.8 Å². The van der Waals surface area contributed by atoms with Gasteiger partial charge >= 0.3 is 0 Å². The molecule has 3 aromatic rings. The van der Waals surface area contributed by atoms with Crippen LogP contribution in [0, 0.1) is 5.41 Å². The van der Waals surface area contributed by atoms with Gasteiger partial charge in [-0.05, 0) is 29.4 Å². The molecule has 1 aliphatic rings. The van der Waals surface area contributed by atoms with Crippen molar-refractivity contribution in [3.05, 3.63) is 70.9 Å². The number of imidazole rings is 1. The van der Waals surface area contributed by atoms with Crippen LogP contribution in [0.1, 0.15) is 49.4 Å². The van der Waals surface area contributed by atoms with Gasteiger partial charge in [-0.2, -0.15) is 5.10 Å². The van der Waals surface area contributed by atoms with Gasteiger partial charge < -0.3 is 11.5 Å². The molecule has 0 amide bonds. The largest absolute Gasteiger partial charge is 0.384 e. The predicted molar refractivity (Wildman–Crippen MR) is 118 cm³/mol. The number of nitrogens with one attached hydrogen (secondary N) is 1. The van der Waals surface area contributed by atoms with Crippen LogP contribution in [0.4, 0.5) is 5.95 Å². The average molecular weight is 387 g/mol. The molecule has 4 rings (SSSR count). The molecular formula is C23H26N6. The maximum atomic E-state index is 7.78. The van der Waals surface area contributed by atoms with Gasteiger partial charge in [0.15, 0.2) is 0 Å². The van der Waals surface area contributed by atoms with E-state index in [1.807, 2.05) is 24.4 Å². The van der Waals surface area contributed by atoms with Crippen LogP contribution in [-0.4, -0.2) is 21.2 Å². The Kier molecular flexibility index (Phi) is 4.49. The summed E-state index contributed by atoms with van der Waals surface area (Å²) in [4.78, 5) is 4.50. The van der Waals surface area contributed by atoms with Crippen molar-refractivity contribution >= 4 is 17.5 Å². The Hall–Kier alpha value is -3.41. The van der Waals surface area contributed by atoms with Crippen LogP contribution >= 0.6 is 0 Å². The number of nitrogens with two attached hydrogens (primary N) is 2. The third-order valence-electron chi connectivity index (χ3n) is 5.38. The number of nitrogens with zero attached hydrogens (tertiary/aromatic N) is 3. The van der Waals surface area contributed by atoms with Gasteiger partial charge in [0.2, 0.25) is 5.95 Å². The lowest BCUT2D eigenvalue weighted by Crippen LogP contribution is -2.13. The van der Waals surface area contributed by atoms with Crippen LogP contribution in [0.25, 0.3) is 11.3 Å². The standard InChI is InChI=1S/C23H26N6/c1-23(2,3)15-9-7-14(8-10-15)20-13-29(22(26)27-20)28-19-12-11-16-17(19)5-4-6-18(16)21(24)25/h4-10,13H,11-12H2,1-3H3,(H3,24,25)(H2,26,27). The van der Waals surface area contributed by atoms with E-state index in [9.17, 15) is 0 Å². The van der Waals surface area contributed by atoms with Gasteiger partial charge in [0.1, 0.15) is 5.84 Å². The second-order valence-electron chi connectivity index (χ2n) is 8.45. The number of benzene rings is 2. The molecule has 29 heavy (non-hydrogen) atoms. The lowest BCUT2D eigenvalue weighted by molar-refractivity contribution is 0.590. The summed E-state index contributed by atoms with van der Waals surface area (Å²) in [5, 5.41) is 12.5. The van der Waals surface area contributed by atoms with Crippen LogP contribution < -0.4 is 11.5 Å². The first-order valence-corrected chi connectivity index (χ1v) is 9.74. The average Bonchev–Trinajstić information content (AvgIpc) is 3.25. The van der Waals surface area contributed by atoms with E-state index in [-0.39, 0.29) is 11.3 Å². The van der Waals surface area contributed by atoms with E-state index in [0.29, 0.717) is 5.95 Å². The van der Waals surface area contributed by atoms with Crippen molar-refractivity contribution in [1.29, 1.82) is 5.41 Å². The van der Waals surface area contributed by atoms with Crippen molar-refractivity contribution in [2.75, 3.05) is 5.73 Å². The summed E-state index contributed by atoms with van der Waals surface area (Å²) in [5.74, 6) is 0.440. The fraction of sp³-hybridized carbons (Fsp3) is 0.261. The summed E-state index contributed by atoms with van der Waals surface area (Å²) in [6.07, 6.45) is 3.47. The predicted octanol–water partition coefficient (Wildman–Crippen LogP) is 3.91.